The van der Waals surface area contributed by atoms with Crippen LogP contribution in [0.5, 0.6) is 0 Å². The Morgan fingerprint density at radius 2 is 1.02 bits per heavy atom. The highest BCUT2D eigenvalue weighted by Crippen LogP contribution is 2.51. The molecule has 3 nitrogen and oxygen atoms in total. The van der Waals surface area contributed by atoms with Crippen LogP contribution in [0.15, 0.2) is 173 Å². The second-order valence-corrected chi connectivity index (χ2v) is 14.5. The molecule has 0 radical (unpaired) electrons. The molecule has 0 saturated heterocycles. The normalized spacial score (nSPS) is 13.3. The fraction of sp³-hybridized carbons (Fsp3) is 0.0612. The minimum atomic E-state index is -0.0537. The summed E-state index contributed by atoms with van der Waals surface area (Å²) in [6.45, 7) is 4.66. The maximum absolute atomic E-state index is 6.23. The van der Waals surface area contributed by atoms with E-state index in [1.807, 2.05) is 24.3 Å². The summed E-state index contributed by atoms with van der Waals surface area (Å²) in [6, 6.07) is 58.9. The summed E-state index contributed by atoms with van der Waals surface area (Å²) in [5.41, 5.74) is 14.6. The number of nitrogens with zero attached hydrogens (tertiary/aromatic N) is 1. The van der Waals surface area contributed by atoms with E-state index in [-0.39, 0.29) is 5.41 Å². The van der Waals surface area contributed by atoms with Gasteiger partial charge < -0.3 is 13.7 Å². The molecule has 0 spiro atoms. The van der Waals surface area contributed by atoms with Crippen molar-refractivity contribution in [3.05, 3.63) is 175 Å². The number of para-hydroxylation sites is 2. The Kier molecular flexibility index (Phi) is 6.01. The van der Waals surface area contributed by atoms with E-state index in [0.29, 0.717) is 0 Å². The van der Waals surface area contributed by atoms with E-state index in [4.69, 9.17) is 8.83 Å². The van der Waals surface area contributed by atoms with Crippen LogP contribution in [-0.4, -0.2) is 0 Å². The minimum Gasteiger partial charge on any atom is -0.456 e. The zero-order valence-electron chi connectivity index (χ0n) is 28.9. The van der Waals surface area contributed by atoms with Crippen LogP contribution in [0.25, 0.3) is 76.9 Å². The predicted molar refractivity (Wildman–Crippen MR) is 216 cm³/mol. The van der Waals surface area contributed by atoms with Gasteiger partial charge in [-0.15, -0.1) is 0 Å². The second kappa shape index (κ2) is 10.7. The first-order chi connectivity index (χ1) is 25.5. The molecule has 0 N–H and O–H groups in total. The molecule has 0 aliphatic heterocycles. The van der Waals surface area contributed by atoms with Gasteiger partial charge in [-0.25, -0.2) is 0 Å². The van der Waals surface area contributed by atoms with Crippen molar-refractivity contribution in [1.29, 1.82) is 0 Å². The first-order valence-electron chi connectivity index (χ1n) is 17.9. The molecule has 11 rings (SSSR count). The number of furan rings is 2. The van der Waals surface area contributed by atoms with E-state index < -0.39 is 0 Å². The second-order valence-electron chi connectivity index (χ2n) is 14.5. The zero-order valence-corrected chi connectivity index (χ0v) is 28.9. The summed E-state index contributed by atoms with van der Waals surface area (Å²) in [5.74, 6) is 0. The summed E-state index contributed by atoms with van der Waals surface area (Å²) in [6.07, 6.45) is 0. The number of anilines is 3. The van der Waals surface area contributed by atoms with Crippen LogP contribution in [0.2, 0.25) is 0 Å². The van der Waals surface area contributed by atoms with Crippen LogP contribution in [0.3, 0.4) is 0 Å². The van der Waals surface area contributed by atoms with Gasteiger partial charge >= 0.3 is 0 Å². The molecule has 1 aliphatic rings. The van der Waals surface area contributed by atoms with Crippen molar-refractivity contribution in [2.75, 3.05) is 4.90 Å². The molecule has 0 bridgehead atoms. The van der Waals surface area contributed by atoms with Gasteiger partial charge in [-0.1, -0.05) is 111 Å². The monoisotopic (exact) mass is 667 g/mol. The molecule has 0 unspecified atom stereocenters. The van der Waals surface area contributed by atoms with Crippen molar-refractivity contribution in [1.82, 2.24) is 0 Å². The molecule has 0 atom stereocenters. The third-order valence-electron chi connectivity index (χ3n) is 11.3. The molecule has 2 heterocycles. The van der Waals surface area contributed by atoms with Crippen molar-refractivity contribution in [2.24, 2.45) is 0 Å². The lowest BCUT2D eigenvalue weighted by molar-refractivity contribution is 0.660. The lowest BCUT2D eigenvalue weighted by atomic mass is 9.82. The Morgan fingerprint density at radius 3 is 1.88 bits per heavy atom. The van der Waals surface area contributed by atoms with E-state index in [1.54, 1.807) is 0 Å². The van der Waals surface area contributed by atoms with Gasteiger partial charge in [-0.2, -0.15) is 0 Å². The Hall–Kier alpha value is -6.58. The molecule has 1 aliphatic carbocycles. The highest BCUT2D eigenvalue weighted by molar-refractivity contribution is 6.19. The van der Waals surface area contributed by atoms with Gasteiger partial charge in [0.25, 0.3) is 0 Å². The summed E-state index contributed by atoms with van der Waals surface area (Å²) >= 11 is 0. The molecule has 8 aromatic carbocycles. The van der Waals surface area contributed by atoms with Crippen LogP contribution in [0, 0.1) is 0 Å². The van der Waals surface area contributed by atoms with Crippen molar-refractivity contribution in [3.8, 4) is 22.3 Å². The minimum absolute atomic E-state index is 0.0537. The van der Waals surface area contributed by atoms with Gasteiger partial charge in [0, 0.05) is 44.0 Å². The molecule has 10 aromatic rings. The number of fused-ring (bicyclic) bond motifs is 11. The molecular weight excluding hydrogens is 635 g/mol. The van der Waals surface area contributed by atoms with Crippen molar-refractivity contribution >= 4 is 71.7 Å². The van der Waals surface area contributed by atoms with Crippen LogP contribution >= 0.6 is 0 Å². The van der Waals surface area contributed by atoms with Gasteiger partial charge in [0.2, 0.25) is 0 Å². The van der Waals surface area contributed by atoms with Gasteiger partial charge in [0.15, 0.2) is 0 Å². The third kappa shape index (κ3) is 4.20. The van der Waals surface area contributed by atoms with Gasteiger partial charge in [-0.05, 0) is 111 Å². The number of hydrogen-bond acceptors (Lipinski definition) is 3. The Morgan fingerprint density at radius 1 is 0.404 bits per heavy atom. The average molecular weight is 668 g/mol. The largest absolute Gasteiger partial charge is 0.456 e. The van der Waals surface area contributed by atoms with E-state index in [1.165, 1.54) is 49.5 Å². The topological polar surface area (TPSA) is 29.5 Å². The Labute approximate surface area is 301 Å². The van der Waals surface area contributed by atoms with Crippen molar-refractivity contribution in [3.63, 3.8) is 0 Å². The summed E-state index contributed by atoms with van der Waals surface area (Å²) in [7, 11) is 0. The van der Waals surface area contributed by atoms with E-state index in [0.717, 1.165) is 55.6 Å². The molecule has 246 valence electrons. The predicted octanol–water partition coefficient (Wildman–Crippen LogP) is 14.1. The first-order valence-corrected chi connectivity index (χ1v) is 17.9. The molecular formula is C49H33NO2. The highest BCUT2D eigenvalue weighted by Gasteiger charge is 2.35. The summed E-state index contributed by atoms with van der Waals surface area (Å²) < 4.78 is 12.4. The number of benzene rings is 8. The van der Waals surface area contributed by atoms with Crippen LogP contribution in [0.1, 0.15) is 25.0 Å². The van der Waals surface area contributed by atoms with Crippen molar-refractivity contribution < 1.29 is 8.83 Å². The summed E-state index contributed by atoms with van der Waals surface area (Å²) in [4.78, 5) is 2.38. The molecule has 3 heteroatoms. The first kappa shape index (κ1) is 29.2. The fourth-order valence-corrected chi connectivity index (χ4v) is 8.68. The number of hydrogen-bond donors (Lipinski definition) is 0. The Balaban J connectivity index is 1.05. The third-order valence-corrected chi connectivity index (χ3v) is 11.3. The number of rotatable bonds is 4. The van der Waals surface area contributed by atoms with Gasteiger partial charge in [0.1, 0.15) is 22.3 Å². The van der Waals surface area contributed by atoms with Crippen LogP contribution in [-0.2, 0) is 5.41 Å². The molecule has 52 heavy (non-hydrogen) atoms. The highest BCUT2D eigenvalue weighted by atomic mass is 16.3. The standard InChI is InChI=1S/C49H33NO2/c1-49(2)42-12-6-3-9-37(42)40-28-34(21-24-43(40)49)50(35-22-26-46-41(29-35)38-10-4-7-13-44(38)51-46)33-19-15-30(16-20-33)31-17-23-36-32(27-31)18-25-47-48(36)39-11-5-8-14-45(39)52-47/h3-29H,1-2H3. The lowest BCUT2D eigenvalue weighted by Gasteiger charge is -2.27. The van der Waals surface area contributed by atoms with Gasteiger partial charge in [0.05, 0.1) is 0 Å². The lowest BCUT2D eigenvalue weighted by Crippen LogP contribution is -2.15. The molecule has 0 fully saturated rings. The average Bonchev–Trinajstić information content (AvgIpc) is 3.83. The molecule has 0 amide bonds. The maximum atomic E-state index is 6.23. The van der Waals surface area contributed by atoms with E-state index in [9.17, 15) is 0 Å². The Bertz CT molecular complexity index is 3050. The summed E-state index contributed by atoms with van der Waals surface area (Å²) in [5, 5.41) is 6.96. The van der Waals surface area contributed by atoms with E-state index in [2.05, 4.69) is 158 Å². The molecule has 2 aromatic heterocycles. The van der Waals surface area contributed by atoms with Gasteiger partial charge in [-0.3, -0.25) is 0 Å². The quantitative estimate of drug-likeness (QED) is 0.187. The zero-order chi connectivity index (χ0) is 34.6. The fourth-order valence-electron chi connectivity index (χ4n) is 8.68. The van der Waals surface area contributed by atoms with E-state index >= 15 is 0 Å². The SMILES string of the molecule is CC1(C)c2ccccc2-c2cc(N(c3ccc(-c4ccc5c(ccc6oc7ccccc7c65)c4)cc3)c3ccc4oc5ccccc5c4c3)ccc21. The van der Waals surface area contributed by atoms with Crippen LogP contribution < -0.4 is 4.90 Å². The van der Waals surface area contributed by atoms with Crippen molar-refractivity contribution in [2.45, 2.75) is 19.3 Å². The van der Waals surface area contributed by atoms with Crippen LogP contribution in [0.4, 0.5) is 17.1 Å². The molecule has 0 saturated carbocycles. The maximum Gasteiger partial charge on any atom is 0.136 e. The smallest absolute Gasteiger partial charge is 0.136 e.